The third kappa shape index (κ3) is 15.2. The molecule has 2 saturated heterocycles. The molecule has 1 aromatic heterocycles. The maximum Gasteiger partial charge on any atom is 0.308 e. The molecule has 3 aromatic rings. The highest BCUT2D eigenvalue weighted by Gasteiger charge is 2.56. The Morgan fingerprint density at radius 1 is 0.447 bits per heavy atom. The number of fused-ring (bicyclic) bond motifs is 1. The molecule has 0 bridgehead atoms. The van der Waals surface area contributed by atoms with Gasteiger partial charge in [-0.25, -0.2) is 0 Å². The van der Waals surface area contributed by atoms with Gasteiger partial charge in [-0.1, -0.05) is 0 Å². The van der Waals surface area contributed by atoms with Crippen molar-refractivity contribution < 1.29 is 123 Å². The minimum atomic E-state index is -2.02. The van der Waals surface area contributed by atoms with E-state index in [0.29, 0.717) is 0 Å². The first-order chi connectivity index (χ1) is 35.6. The summed E-state index contributed by atoms with van der Waals surface area (Å²) in [6.07, 6.45) is -18.1. The minimum absolute atomic E-state index is 0.0593. The molecule has 410 valence electrons. The van der Waals surface area contributed by atoms with Gasteiger partial charge in [0.2, 0.25) is 0 Å². The maximum atomic E-state index is 14.5. The summed E-state index contributed by atoms with van der Waals surface area (Å²) in [5.41, 5.74) is -1.89. The Bertz CT molecular complexity index is 2860. The SMILES string of the molecule is CC(=O)OC[C@H]1O[C@@H](OC[C@H]2O[C@@H](c3c(OC(C)=O)cc4oc(-c5ccc(OC(C)=O)c(OC(C)=O)c5)cc(=O)c4c3OC(C)=O)[C@H](OC(C)=O)[C@@H](OC(C)=O)[C@@H]2OC(C)=O)[C@H](OC(C)=O)[C@@H](OC(C)=O)[C@@H]1OC(C)=O. The molecule has 3 heterocycles. The van der Waals surface area contributed by atoms with Crippen LogP contribution in [0.2, 0.25) is 0 Å². The lowest BCUT2D eigenvalue weighted by Crippen LogP contribution is -2.64. The van der Waals surface area contributed by atoms with Crippen LogP contribution in [0.25, 0.3) is 22.3 Å². The van der Waals surface area contributed by atoms with Gasteiger partial charge >= 0.3 is 65.7 Å². The second-order valence-corrected chi connectivity index (χ2v) is 16.7. The van der Waals surface area contributed by atoms with Crippen molar-refractivity contribution in [2.75, 3.05) is 13.2 Å². The van der Waals surface area contributed by atoms with Gasteiger partial charge in [0, 0.05) is 93.9 Å². The fraction of sp³-hybridized carbons (Fsp3) is 0.469. The van der Waals surface area contributed by atoms with Crippen LogP contribution in [0.5, 0.6) is 23.0 Å². The maximum absolute atomic E-state index is 14.5. The highest BCUT2D eigenvalue weighted by Crippen LogP contribution is 2.48. The minimum Gasteiger partial charge on any atom is -0.463 e. The van der Waals surface area contributed by atoms with E-state index in [1.165, 1.54) is 18.2 Å². The van der Waals surface area contributed by atoms with E-state index in [0.717, 1.165) is 88.3 Å². The number of hydrogen-bond donors (Lipinski definition) is 0. The molecule has 0 N–H and O–H groups in total. The highest BCUT2D eigenvalue weighted by molar-refractivity contribution is 5.92. The van der Waals surface area contributed by atoms with Gasteiger partial charge in [0.05, 0.1) is 12.2 Å². The number of benzene rings is 2. The Balaban J connectivity index is 1.77. The summed E-state index contributed by atoms with van der Waals surface area (Å²) in [6.45, 7) is 9.32. The average molecular weight is 1070 g/mol. The predicted octanol–water partition coefficient (Wildman–Crippen LogP) is 2.50. The summed E-state index contributed by atoms with van der Waals surface area (Å²) in [4.78, 5) is 153. The summed E-state index contributed by atoms with van der Waals surface area (Å²) in [5, 5.41) is -0.539. The molecule has 2 fully saturated rings. The van der Waals surface area contributed by atoms with E-state index in [4.69, 9.17) is 70.7 Å². The zero-order chi connectivity index (χ0) is 56.5. The van der Waals surface area contributed by atoms with Crippen molar-refractivity contribution in [1.82, 2.24) is 0 Å². The van der Waals surface area contributed by atoms with Crippen LogP contribution in [0.3, 0.4) is 0 Å². The summed E-state index contributed by atoms with van der Waals surface area (Å²) in [6, 6.07) is 5.71. The molecular weight excluding hydrogens is 1020 g/mol. The Hall–Kier alpha value is -8.30. The highest BCUT2D eigenvalue weighted by atomic mass is 16.7. The van der Waals surface area contributed by atoms with Gasteiger partial charge in [0.15, 0.2) is 65.6 Å². The van der Waals surface area contributed by atoms with Gasteiger partial charge < -0.3 is 70.7 Å². The van der Waals surface area contributed by atoms with Gasteiger partial charge in [0.25, 0.3) is 0 Å². The fourth-order valence-corrected chi connectivity index (χ4v) is 8.09. The Morgan fingerprint density at radius 2 is 0.908 bits per heavy atom. The van der Waals surface area contributed by atoms with E-state index >= 15 is 0 Å². The molecule has 27 nitrogen and oxygen atoms in total. The van der Waals surface area contributed by atoms with Crippen LogP contribution >= 0.6 is 0 Å². The van der Waals surface area contributed by atoms with Gasteiger partial charge in [-0.15, -0.1) is 0 Å². The second kappa shape index (κ2) is 25.3. The van der Waals surface area contributed by atoms with Crippen molar-refractivity contribution in [3.8, 4) is 34.3 Å². The van der Waals surface area contributed by atoms with Crippen molar-refractivity contribution >= 4 is 76.6 Å². The summed E-state index contributed by atoms with van der Waals surface area (Å²) in [7, 11) is 0. The molecule has 0 spiro atoms. The second-order valence-electron chi connectivity index (χ2n) is 16.7. The molecule has 0 aliphatic carbocycles. The largest absolute Gasteiger partial charge is 0.463 e. The standard InChI is InChI=1S/C49H52O27/c1-19(50)62-17-38-42(68-24(6)55)46(71-27(9)58)48(73-29(11)60)49(76-38)63-18-37-41(67-23(5)54)45(70-26(8)57)47(72-28(10)59)44(75-37)40-36(66-22(4)53)16-35-39(43(40)69-25(7)56)31(61)15-33(74-35)30-12-13-32(64-20(2)51)34(14-30)65-21(3)52/h12-16,37-38,41-42,44-49H,17-18H2,1-11H3/t37-,38-,41-,42-,44+,45+,46+,47+,48-,49-/m1/s1. The van der Waals surface area contributed by atoms with Gasteiger partial charge in [-0.3, -0.25) is 57.5 Å². The van der Waals surface area contributed by atoms with Gasteiger partial charge in [0.1, 0.15) is 47.4 Å². The first kappa shape index (κ1) is 58.6. The number of carbonyl (C=O) groups excluding carboxylic acids is 11. The molecule has 2 aromatic carbocycles. The van der Waals surface area contributed by atoms with Crippen molar-refractivity contribution in [3.05, 3.63) is 46.1 Å². The average Bonchev–Trinajstić information content (AvgIpc) is 3.27. The van der Waals surface area contributed by atoms with E-state index in [1.54, 1.807) is 0 Å². The molecular formula is C49H52O27. The molecule has 0 radical (unpaired) electrons. The van der Waals surface area contributed by atoms with E-state index in [2.05, 4.69) is 0 Å². The lowest BCUT2D eigenvalue weighted by atomic mass is 9.88. The van der Waals surface area contributed by atoms with E-state index in [-0.39, 0.29) is 22.8 Å². The Labute approximate surface area is 430 Å². The quantitative estimate of drug-likeness (QED) is 0.106. The van der Waals surface area contributed by atoms with E-state index < -0.39 is 174 Å². The zero-order valence-corrected chi connectivity index (χ0v) is 42.6. The molecule has 0 amide bonds. The molecule has 2 aliphatic heterocycles. The molecule has 5 rings (SSSR count). The third-order valence-electron chi connectivity index (χ3n) is 10.4. The van der Waals surface area contributed by atoms with Crippen LogP contribution in [-0.4, -0.2) is 134 Å². The third-order valence-corrected chi connectivity index (χ3v) is 10.4. The first-order valence-electron chi connectivity index (χ1n) is 22.8. The topological polar surface area (TPSA) is 347 Å². The zero-order valence-electron chi connectivity index (χ0n) is 42.6. The fourth-order valence-electron chi connectivity index (χ4n) is 8.09. The Kier molecular flexibility index (Phi) is 19.5. The van der Waals surface area contributed by atoms with E-state index in [9.17, 15) is 57.5 Å². The van der Waals surface area contributed by atoms with Crippen molar-refractivity contribution in [3.63, 3.8) is 0 Å². The first-order valence-corrected chi connectivity index (χ1v) is 22.8. The predicted molar refractivity (Wildman–Crippen MR) is 245 cm³/mol. The van der Waals surface area contributed by atoms with Crippen molar-refractivity contribution in [1.29, 1.82) is 0 Å². The van der Waals surface area contributed by atoms with E-state index in [1.807, 2.05) is 0 Å². The normalized spacial score (nSPS) is 22.8. The Morgan fingerprint density at radius 3 is 1.42 bits per heavy atom. The van der Waals surface area contributed by atoms with Crippen LogP contribution < -0.4 is 24.4 Å². The molecule has 76 heavy (non-hydrogen) atoms. The molecule has 27 heteroatoms. The summed E-state index contributed by atoms with van der Waals surface area (Å²) in [5.74, 6) is -12.6. The summed E-state index contributed by atoms with van der Waals surface area (Å²) >= 11 is 0. The lowest BCUT2D eigenvalue weighted by Gasteiger charge is -2.46. The van der Waals surface area contributed by atoms with Crippen LogP contribution in [0.15, 0.2) is 39.5 Å². The summed E-state index contributed by atoms with van der Waals surface area (Å²) < 4.78 is 85.2. The molecule has 2 aliphatic rings. The number of ether oxygens (including phenoxy) is 14. The van der Waals surface area contributed by atoms with Crippen LogP contribution in [-0.2, 0) is 100 Å². The smallest absolute Gasteiger partial charge is 0.308 e. The number of rotatable bonds is 17. The van der Waals surface area contributed by atoms with Gasteiger partial charge in [-0.05, 0) is 18.2 Å². The van der Waals surface area contributed by atoms with Crippen molar-refractivity contribution in [2.45, 2.75) is 137 Å². The lowest BCUT2D eigenvalue weighted by molar-refractivity contribution is -0.320. The number of carbonyl (C=O) groups is 11. The van der Waals surface area contributed by atoms with Crippen molar-refractivity contribution in [2.24, 2.45) is 0 Å². The monoisotopic (exact) mass is 1070 g/mol. The van der Waals surface area contributed by atoms with Crippen LogP contribution in [0.1, 0.15) is 87.8 Å². The molecule has 0 saturated carbocycles. The molecule has 0 unspecified atom stereocenters. The van der Waals surface area contributed by atoms with Crippen LogP contribution in [0.4, 0.5) is 0 Å². The number of hydrogen-bond acceptors (Lipinski definition) is 27. The number of esters is 11. The molecule has 10 atom stereocenters. The van der Waals surface area contributed by atoms with Gasteiger partial charge in [-0.2, -0.15) is 0 Å². The van der Waals surface area contributed by atoms with Crippen LogP contribution in [0, 0.1) is 0 Å².